The van der Waals surface area contributed by atoms with E-state index in [1.54, 1.807) is 0 Å². The first-order chi connectivity index (χ1) is 3.11. The smallest absolute Gasteiger partial charge is 0.0888 e. The number of hydrogen-bond acceptors (Lipinski definition) is 0. The van der Waals surface area contributed by atoms with Crippen molar-refractivity contribution in [3.05, 3.63) is 0 Å². The third-order valence-electron chi connectivity index (χ3n) is 1.64. The summed E-state index contributed by atoms with van der Waals surface area (Å²) < 4.78 is 1.17. The van der Waals surface area contributed by atoms with Crippen LogP contribution in [0.5, 0.6) is 0 Å². The Balaban J connectivity index is 0.000000490. The molecule has 0 N–H and O–H groups in total. The Morgan fingerprint density at radius 1 is 1.12 bits per heavy atom. The van der Waals surface area contributed by atoms with E-state index in [0.717, 1.165) is 6.04 Å². The maximum atomic E-state index is 2.26. The van der Waals surface area contributed by atoms with Crippen LogP contribution in [-0.2, 0) is 0 Å². The summed E-state index contributed by atoms with van der Waals surface area (Å²) in [6, 6.07) is 0.986. The van der Waals surface area contributed by atoms with Gasteiger partial charge in [-0.1, -0.05) is 0 Å². The summed E-state index contributed by atoms with van der Waals surface area (Å²) in [5.41, 5.74) is 0. The Labute approximate surface area is 57.7 Å². The lowest BCUT2D eigenvalue weighted by Gasteiger charge is -2.22. The van der Waals surface area contributed by atoms with Crippen LogP contribution in [0.4, 0.5) is 0 Å². The highest BCUT2D eigenvalue weighted by Gasteiger charge is 2.34. The van der Waals surface area contributed by atoms with Crippen molar-refractivity contribution in [2.75, 3.05) is 21.1 Å². The van der Waals surface area contributed by atoms with Crippen LogP contribution >= 0.6 is 0 Å². The summed E-state index contributed by atoms with van der Waals surface area (Å²) in [5.74, 6) is 0. The number of hydrogen-bond donors (Lipinski definition) is 0. The maximum Gasteiger partial charge on any atom is 0.0888 e. The predicted octanol–water partition coefficient (Wildman–Crippen LogP) is -2.14. The summed E-state index contributed by atoms with van der Waals surface area (Å²) >= 11 is 0. The van der Waals surface area contributed by atoms with E-state index in [4.69, 9.17) is 0 Å². The van der Waals surface area contributed by atoms with Gasteiger partial charge in [0.15, 0.2) is 0 Å². The Hall–Kier alpha value is 0.250. The van der Waals surface area contributed by atoms with E-state index < -0.39 is 0 Å². The van der Waals surface area contributed by atoms with Gasteiger partial charge in [0.05, 0.1) is 27.2 Å². The highest BCUT2D eigenvalue weighted by atomic mass is 35.5. The Morgan fingerprint density at radius 2 is 1.50 bits per heavy atom. The number of quaternary nitrogens is 1. The van der Waals surface area contributed by atoms with Crippen molar-refractivity contribution < 1.29 is 16.9 Å². The first-order valence-electron chi connectivity index (χ1n) is 2.92. The predicted molar refractivity (Wildman–Crippen MR) is 31.1 cm³/mol. The fraction of sp³-hybridized carbons (Fsp3) is 1.00. The Kier molecular flexibility index (Phi) is 2.31. The summed E-state index contributed by atoms with van der Waals surface area (Å²) in [6.45, 7) is 0. The van der Waals surface area contributed by atoms with Crippen LogP contribution < -0.4 is 12.4 Å². The van der Waals surface area contributed by atoms with Crippen molar-refractivity contribution in [1.82, 2.24) is 0 Å². The van der Waals surface area contributed by atoms with E-state index in [9.17, 15) is 0 Å². The zero-order chi connectivity index (χ0) is 5.49. The van der Waals surface area contributed by atoms with Gasteiger partial charge >= 0.3 is 0 Å². The average molecular weight is 136 g/mol. The van der Waals surface area contributed by atoms with Crippen molar-refractivity contribution in [3.63, 3.8) is 0 Å². The van der Waals surface area contributed by atoms with Crippen LogP contribution in [0.2, 0.25) is 0 Å². The van der Waals surface area contributed by atoms with Gasteiger partial charge in [0.25, 0.3) is 0 Å². The van der Waals surface area contributed by atoms with Crippen molar-refractivity contribution in [3.8, 4) is 0 Å². The minimum absolute atomic E-state index is 0. The second-order valence-electron chi connectivity index (χ2n) is 3.35. The summed E-state index contributed by atoms with van der Waals surface area (Å²) in [6.07, 6.45) is 2.90. The molecule has 0 spiro atoms. The minimum Gasteiger partial charge on any atom is -1.00 e. The summed E-state index contributed by atoms with van der Waals surface area (Å²) in [7, 11) is 6.78. The number of halogens is 1. The normalized spacial score (nSPS) is 19.9. The van der Waals surface area contributed by atoms with E-state index in [1.165, 1.54) is 17.3 Å². The molecule has 2 heteroatoms. The molecule has 0 heterocycles. The second kappa shape index (κ2) is 2.24. The van der Waals surface area contributed by atoms with Gasteiger partial charge in [-0.05, 0) is 0 Å². The third-order valence-corrected chi connectivity index (χ3v) is 1.64. The molecule has 1 saturated carbocycles. The molecule has 0 radical (unpaired) electrons. The van der Waals surface area contributed by atoms with Gasteiger partial charge < -0.3 is 16.9 Å². The van der Waals surface area contributed by atoms with Gasteiger partial charge in [-0.15, -0.1) is 0 Å². The lowest BCUT2D eigenvalue weighted by atomic mass is 10.5. The largest absolute Gasteiger partial charge is 1.00 e. The van der Waals surface area contributed by atoms with E-state index in [-0.39, 0.29) is 12.4 Å². The zero-order valence-electron chi connectivity index (χ0n) is 5.82. The highest BCUT2D eigenvalue weighted by molar-refractivity contribution is 4.72. The molecule has 1 fully saturated rings. The number of nitrogens with zero attached hydrogens (tertiary/aromatic N) is 1. The van der Waals surface area contributed by atoms with Gasteiger partial charge in [0.1, 0.15) is 0 Å². The quantitative estimate of drug-likeness (QED) is 0.360. The van der Waals surface area contributed by atoms with Crippen molar-refractivity contribution >= 4 is 0 Å². The highest BCUT2D eigenvalue weighted by Crippen LogP contribution is 2.28. The molecule has 0 aromatic rings. The minimum atomic E-state index is 0. The van der Waals surface area contributed by atoms with E-state index in [1.807, 2.05) is 0 Å². The Bertz CT molecular complexity index is 71.1. The van der Waals surface area contributed by atoms with Crippen LogP contribution in [0.3, 0.4) is 0 Å². The van der Waals surface area contributed by atoms with Gasteiger partial charge in [0.2, 0.25) is 0 Å². The van der Waals surface area contributed by atoms with E-state index in [2.05, 4.69) is 21.1 Å². The first-order valence-corrected chi connectivity index (χ1v) is 2.92. The molecule has 0 aromatic heterocycles. The molecule has 0 bridgehead atoms. The fourth-order valence-electron chi connectivity index (χ4n) is 0.849. The van der Waals surface area contributed by atoms with Crippen LogP contribution in [0.25, 0.3) is 0 Å². The molecule has 0 aliphatic heterocycles. The zero-order valence-corrected chi connectivity index (χ0v) is 6.57. The van der Waals surface area contributed by atoms with Crippen LogP contribution in [0, 0.1) is 0 Å². The summed E-state index contributed by atoms with van der Waals surface area (Å²) in [5, 5.41) is 0. The molecule has 0 atom stereocenters. The van der Waals surface area contributed by atoms with Crippen molar-refractivity contribution in [2.45, 2.75) is 18.9 Å². The first kappa shape index (κ1) is 8.25. The molecule has 1 aliphatic carbocycles. The molecule has 50 valence electrons. The third kappa shape index (κ3) is 2.01. The molecular weight excluding hydrogens is 122 g/mol. The molecule has 0 aromatic carbocycles. The van der Waals surface area contributed by atoms with Crippen LogP contribution in [0.1, 0.15) is 12.8 Å². The fourth-order valence-corrected chi connectivity index (χ4v) is 0.849. The molecule has 0 saturated heterocycles. The van der Waals surface area contributed by atoms with Crippen molar-refractivity contribution in [2.24, 2.45) is 0 Å². The maximum absolute atomic E-state index is 2.26. The lowest BCUT2D eigenvalue weighted by Crippen LogP contribution is -3.00. The topological polar surface area (TPSA) is 0 Å². The number of rotatable bonds is 1. The standard InChI is InChI=1S/C6H14N.ClH/c1-7(2,3)6-4-5-6;/h6H,4-5H2,1-3H3;1H/q+1;/p-1. The molecule has 1 aliphatic rings. The van der Waals surface area contributed by atoms with E-state index in [0.29, 0.717) is 0 Å². The molecular formula is C6H14ClN. The SMILES string of the molecule is C[N+](C)(C)C1CC1.[Cl-]. The second-order valence-corrected chi connectivity index (χ2v) is 3.35. The molecule has 1 rings (SSSR count). The van der Waals surface area contributed by atoms with Gasteiger partial charge in [0, 0.05) is 12.8 Å². The van der Waals surface area contributed by atoms with Gasteiger partial charge in [-0.3, -0.25) is 0 Å². The molecule has 1 nitrogen and oxygen atoms in total. The monoisotopic (exact) mass is 135 g/mol. The molecule has 8 heavy (non-hydrogen) atoms. The average Bonchev–Trinajstić information content (AvgIpc) is 1.99. The van der Waals surface area contributed by atoms with Gasteiger partial charge in [-0.25, -0.2) is 0 Å². The van der Waals surface area contributed by atoms with Crippen molar-refractivity contribution in [1.29, 1.82) is 0 Å². The van der Waals surface area contributed by atoms with Crippen LogP contribution in [-0.4, -0.2) is 31.7 Å². The summed E-state index contributed by atoms with van der Waals surface area (Å²) in [4.78, 5) is 0. The molecule has 0 amide bonds. The van der Waals surface area contributed by atoms with Gasteiger partial charge in [-0.2, -0.15) is 0 Å². The lowest BCUT2D eigenvalue weighted by molar-refractivity contribution is -0.881. The van der Waals surface area contributed by atoms with E-state index >= 15 is 0 Å². The van der Waals surface area contributed by atoms with Crippen LogP contribution in [0.15, 0.2) is 0 Å². The Morgan fingerprint density at radius 3 is 1.50 bits per heavy atom. The molecule has 0 unspecified atom stereocenters.